The predicted molar refractivity (Wildman–Crippen MR) is 84.4 cm³/mol. The van der Waals surface area contributed by atoms with Gasteiger partial charge < -0.3 is 4.90 Å². The van der Waals surface area contributed by atoms with E-state index in [1.54, 1.807) is 16.8 Å². The van der Waals surface area contributed by atoms with Crippen LogP contribution >= 0.6 is 0 Å². The lowest BCUT2D eigenvalue weighted by molar-refractivity contribution is 0.150. The maximum atomic E-state index is 11.8. The summed E-state index contributed by atoms with van der Waals surface area (Å²) in [5, 5.41) is 4.36. The highest BCUT2D eigenvalue weighted by Crippen LogP contribution is 2.27. The fourth-order valence-electron chi connectivity index (χ4n) is 3.84. The van der Waals surface area contributed by atoms with Crippen LogP contribution in [0.3, 0.4) is 0 Å². The van der Waals surface area contributed by atoms with Gasteiger partial charge in [-0.05, 0) is 63.6 Å². The summed E-state index contributed by atoms with van der Waals surface area (Å²) < 4.78 is 1.66. The molecule has 2 heterocycles. The second-order valence-electron chi connectivity index (χ2n) is 6.89. The van der Waals surface area contributed by atoms with Crippen molar-refractivity contribution in [2.24, 2.45) is 11.8 Å². The number of hydrogen-bond donors (Lipinski definition) is 0. The third-order valence-electron chi connectivity index (χ3n) is 5.13. The van der Waals surface area contributed by atoms with Crippen LogP contribution in [0.1, 0.15) is 44.2 Å². The first kappa shape index (κ1) is 14.8. The highest BCUT2D eigenvalue weighted by molar-refractivity contribution is 4.97. The van der Waals surface area contributed by atoms with Gasteiger partial charge in [0.2, 0.25) is 0 Å². The van der Waals surface area contributed by atoms with Crippen molar-refractivity contribution >= 4 is 0 Å². The maximum absolute atomic E-state index is 11.8. The fraction of sp³-hybridized carbons (Fsp3) is 0.765. The molecular formula is C17H27N3O. The van der Waals surface area contributed by atoms with Crippen LogP contribution in [0, 0.1) is 18.8 Å². The van der Waals surface area contributed by atoms with Crippen molar-refractivity contribution in [2.75, 3.05) is 19.6 Å². The molecule has 21 heavy (non-hydrogen) atoms. The number of aromatic nitrogens is 2. The molecule has 0 aromatic carbocycles. The Hall–Kier alpha value is -1.16. The zero-order valence-electron chi connectivity index (χ0n) is 13.1. The molecule has 3 rings (SSSR count). The fourth-order valence-corrected chi connectivity index (χ4v) is 3.84. The largest absolute Gasteiger partial charge is 0.303 e. The summed E-state index contributed by atoms with van der Waals surface area (Å²) in [6.07, 6.45) is 8.14. The Labute approximate surface area is 127 Å². The van der Waals surface area contributed by atoms with Gasteiger partial charge in [0.15, 0.2) is 0 Å². The van der Waals surface area contributed by atoms with Crippen LogP contribution in [0.15, 0.2) is 16.9 Å². The zero-order chi connectivity index (χ0) is 14.7. The van der Waals surface area contributed by atoms with Gasteiger partial charge in [0.1, 0.15) is 0 Å². The molecule has 0 amide bonds. The molecule has 4 heteroatoms. The van der Waals surface area contributed by atoms with Crippen LogP contribution in [0.25, 0.3) is 0 Å². The Morgan fingerprint density at radius 2 is 1.71 bits per heavy atom. The lowest BCUT2D eigenvalue weighted by Crippen LogP contribution is -2.38. The minimum atomic E-state index is 0.0361. The van der Waals surface area contributed by atoms with E-state index >= 15 is 0 Å². The highest BCUT2D eigenvalue weighted by atomic mass is 16.1. The van der Waals surface area contributed by atoms with Gasteiger partial charge in [0.25, 0.3) is 5.56 Å². The standard InChI is InChI=1S/C17H27N3O/c1-14-6-7-17(21)20(18-14)13-16-8-10-19(11-9-16)12-15-4-2-3-5-15/h6-7,15-16H,2-5,8-13H2,1H3. The van der Waals surface area contributed by atoms with Crippen molar-refractivity contribution in [3.63, 3.8) is 0 Å². The third kappa shape index (κ3) is 3.94. The monoisotopic (exact) mass is 289 g/mol. The van der Waals surface area contributed by atoms with E-state index in [1.807, 2.05) is 6.92 Å². The highest BCUT2D eigenvalue weighted by Gasteiger charge is 2.23. The Morgan fingerprint density at radius 3 is 2.43 bits per heavy atom. The quantitative estimate of drug-likeness (QED) is 0.854. The molecule has 0 bridgehead atoms. The first-order chi connectivity index (χ1) is 10.2. The van der Waals surface area contributed by atoms with Crippen LogP contribution in [0.2, 0.25) is 0 Å². The second kappa shape index (κ2) is 6.73. The van der Waals surface area contributed by atoms with Crippen molar-refractivity contribution in [1.82, 2.24) is 14.7 Å². The predicted octanol–water partition coefficient (Wildman–Crippen LogP) is 2.45. The zero-order valence-corrected chi connectivity index (χ0v) is 13.1. The second-order valence-corrected chi connectivity index (χ2v) is 6.89. The first-order valence-corrected chi connectivity index (χ1v) is 8.48. The van der Waals surface area contributed by atoms with Crippen molar-refractivity contribution in [3.05, 3.63) is 28.2 Å². The molecule has 0 atom stereocenters. The molecular weight excluding hydrogens is 262 g/mol. The number of likely N-dealkylation sites (tertiary alicyclic amines) is 1. The Kier molecular flexibility index (Phi) is 4.73. The van der Waals surface area contributed by atoms with E-state index in [0.717, 1.165) is 18.2 Å². The summed E-state index contributed by atoms with van der Waals surface area (Å²) in [6, 6.07) is 3.43. The average Bonchev–Trinajstić information content (AvgIpc) is 2.98. The number of nitrogens with zero attached hydrogens (tertiary/aromatic N) is 3. The third-order valence-corrected chi connectivity index (χ3v) is 5.13. The van der Waals surface area contributed by atoms with Crippen molar-refractivity contribution in [2.45, 2.75) is 52.0 Å². The molecule has 1 saturated heterocycles. The van der Waals surface area contributed by atoms with E-state index in [1.165, 1.54) is 58.2 Å². The molecule has 1 aromatic heterocycles. The van der Waals surface area contributed by atoms with Gasteiger partial charge in [-0.2, -0.15) is 5.10 Å². The van der Waals surface area contributed by atoms with Gasteiger partial charge in [-0.25, -0.2) is 4.68 Å². The SMILES string of the molecule is Cc1ccc(=O)n(CC2CCN(CC3CCCC3)CC2)n1. The minimum Gasteiger partial charge on any atom is -0.303 e. The van der Waals surface area contributed by atoms with Crippen molar-refractivity contribution in [1.29, 1.82) is 0 Å². The maximum Gasteiger partial charge on any atom is 0.266 e. The molecule has 1 aliphatic carbocycles. The molecule has 2 aliphatic rings. The van der Waals surface area contributed by atoms with Crippen molar-refractivity contribution < 1.29 is 0 Å². The molecule has 1 aromatic rings. The first-order valence-electron chi connectivity index (χ1n) is 8.48. The topological polar surface area (TPSA) is 38.1 Å². The van der Waals surface area contributed by atoms with Crippen LogP contribution < -0.4 is 5.56 Å². The molecule has 116 valence electrons. The Balaban J connectivity index is 1.49. The summed E-state index contributed by atoms with van der Waals surface area (Å²) in [7, 11) is 0. The molecule has 0 spiro atoms. The summed E-state index contributed by atoms with van der Waals surface area (Å²) in [5.74, 6) is 1.56. The lowest BCUT2D eigenvalue weighted by Gasteiger charge is -2.33. The van der Waals surface area contributed by atoms with E-state index < -0.39 is 0 Å². The molecule has 2 fully saturated rings. The van der Waals surface area contributed by atoms with E-state index in [4.69, 9.17) is 0 Å². The smallest absolute Gasteiger partial charge is 0.266 e. The number of rotatable bonds is 4. The number of hydrogen-bond acceptors (Lipinski definition) is 3. The lowest BCUT2D eigenvalue weighted by atomic mass is 9.95. The summed E-state index contributed by atoms with van der Waals surface area (Å²) in [5.41, 5.74) is 0.960. The van der Waals surface area contributed by atoms with E-state index in [2.05, 4.69) is 10.00 Å². The summed E-state index contributed by atoms with van der Waals surface area (Å²) in [6.45, 7) is 6.43. The molecule has 0 unspecified atom stereocenters. The van der Waals surface area contributed by atoms with Gasteiger partial charge in [-0.3, -0.25) is 4.79 Å². The van der Waals surface area contributed by atoms with Crippen LogP contribution in [-0.4, -0.2) is 34.3 Å². The normalized spacial score (nSPS) is 22.0. The average molecular weight is 289 g/mol. The van der Waals surface area contributed by atoms with Crippen LogP contribution in [0.5, 0.6) is 0 Å². The van der Waals surface area contributed by atoms with Gasteiger partial charge in [0.05, 0.1) is 5.69 Å². The van der Waals surface area contributed by atoms with Gasteiger partial charge in [-0.15, -0.1) is 0 Å². The van der Waals surface area contributed by atoms with Crippen LogP contribution in [-0.2, 0) is 6.54 Å². The van der Waals surface area contributed by atoms with Gasteiger partial charge in [-0.1, -0.05) is 12.8 Å². The summed E-state index contributed by atoms with van der Waals surface area (Å²) in [4.78, 5) is 14.5. The minimum absolute atomic E-state index is 0.0361. The van der Waals surface area contributed by atoms with E-state index in [9.17, 15) is 4.79 Å². The van der Waals surface area contributed by atoms with Crippen molar-refractivity contribution in [3.8, 4) is 0 Å². The summed E-state index contributed by atoms with van der Waals surface area (Å²) >= 11 is 0. The molecule has 0 N–H and O–H groups in total. The Morgan fingerprint density at radius 1 is 1.05 bits per heavy atom. The van der Waals surface area contributed by atoms with Gasteiger partial charge in [0, 0.05) is 19.2 Å². The van der Waals surface area contributed by atoms with E-state index in [-0.39, 0.29) is 5.56 Å². The number of aryl methyl sites for hydroxylation is 1. The van der Waals surface area contributed by atoms with E-state index in [0.29, 0.717) is 5.92 Å². The molecule has 1 saturated carbocycles. The van der Waals surface area contributed by atoms with Gasteiger partial charge >= 0.3 is 0 Å². The van der Waals surface area contributed by atoms with Crippen LogP contribution in [0.4, 0.5) is 0 Å². The molecule has 1 aliphatic heterocycles. The molecule has 4 nitrogen and oxygen atoms in total. The Bertz CT molecular complexity index is 511. The number of piperidine rings is 1. The molecule has 0 radical (unpaired) electrons.